The summed E-state index contributed by atoms with van der Waals surface area (Å²) in [6, 6.07) is 9.65. The molecule has 2 N–H and O–H groups in total. The third-order valence-electron chi connectivity index (χ3n) is 5.07. The van der Waals surface area contributed by atoms with Crippen molar-refractivity contribution in [3.8, 4) is 0 Å². The van der Waals surface area contributed by atoms with E-state index in [0.29, 0.717) is 0 Å². The van der Waals surface area contributed by atoms with E-state index in [1.165, 1.54) is 33.5 Å². The van der Waals surface area contributed by atoms with Crippen LogP contribution in [0.4, 0.5) is 0 Å². The molecule has 2 atom stereocenters. The van der Waals surface area contributed by atoms with Gasteiger partial charge in [0.2, 0.25) is 0 Å². The van der Waals surface area contributed by atoms with E-state index in [1.54, 1.807) is 19.1 Å². The molecule has 1 heterocycles. The van der Waals surface area contributed by atoms with E-state index in [1.807, 2.05) is 37.3 Å². The van der Waals surface area contributed by atoms with E-state index in [9.17, 15) is 19.3 Å². The maximum atomic E-state index is 11.6. The first kappa shape index (κ1) is 33.5. The average Bonchev–Trinajstić information content (AvgIpc) is 3.15. The number of nitrogens with zero attached hydrogens (tertiary/aromatic N) is 2. The second-order valence-corrected chi connectivity index (χ2v) is 7.94. The molecule has 1 aliphatic heterocycles. The monoisotopic (exact) mass is 521 g/mol. The normalized spacial score (nSPS) is 16.6. The van der Waals surface area contributed by atoms with Gasteiger partial charge in [-0.15, -0.1) is 10.6 Å². The number of carboxylic acid groups (broad SMARTS) is 1. The minimum Gasteiger partial charge on any atom is -0.481 e. The first-order valence-corrected chi connectivity index (χ1v) is 12.1. The lowest BCUT2D eigenvalue weighted by atomic mass is 10.1. The molecule has 37 heavy (non-hydrogen) atoms. The number of benzene rings is 1. The zero-order valence-corrected chi connectivity index (χ0v) is 22.3. The Bertz CT molecular complexity index is 887. The van der Waals surface area contributed by atoms with Crippen LogP contribution in [0.2, 0.25) is 0 Å². The number of hydrogen-bond acceptors (Lipinski definition) is 8. The molecule has 2 unspecified atom stereocenters. The van der Waals surface area contributed by atoms with Gasteiger partial charge in [0.1, 0.15) is 6.10 Å². The van der Waals surface area contributed by atoms with Crippen LogP contribution in [-0.2, 0) is 28.8 Å². The third kappa shape index (κ3) is 13.4. The number of ether oxygens (including phenoxy) is 1. The van der Waals surface area contributed by atoms with Crippen LogP contribution in [0.5, 0.6) is 0 Å². The molecule has 0 saturated carbocycles. The van der Waals surface area contributed by atoms with Gasteiger partial charge in [-0.05, 0) is 37.5 Å². The maximum Gasteiger partial charge on any atom is 0.339 e. The Balaban J connectivity index is 0.000000678. The number of carboxylic acids is 1. The van der Waals surface area contributed by atoms with Crippen molar-refractivity contribution in [2.24, 2.45) is 5.34 Å². The van der Waals surface area contributed by atoms with Crippen LogP contribution in [0.3, 0.4) is 0 Å². The van der Waals surface area contributed by atoms with Crippen LogP contribution < -0.4 is 5.32 Å². The lowest BCUT2D eigenvalue weighted by molar-refractivity contribution is -0.265. The molecule has 1 aliphatic rings. The molecule has 1 saturated heterocycles. The van der Waals surface area contributed by atoms with Gasteiger partial charge in [0.15, 0.2) is 5.34 Å². The van der Waals surface area contributed by atoms with Gasteiger partial charge < -0.3 is 20.0 Å². The molecule has 1 fully saturated rings. The summed E-state index contributed by atoms with van der Waals surface area (Å²) in [5.41, 5.74) is 3.98. The van der Waals surface area contributed by atoms with Crippen molar-refractivity contribution in [1.82, 2.24) is 10.4 Å². The van der Waals surface area contributed by atoms with Crippen LogP contribution >= 0.6 is 0 Å². The summed E-state index contributed by atoms with van der Waals surface area (Å²) in [6.07, 6.45) is 9.67. The Morgan fingerprint density at radius 2 is 1.84 bits per heavy atom. The molecule has 0 aromatic heterocycles. The summed E-state index contributed by atoms with van der Waals surface area (Å²) < 4.78 is 5.26. The molecular formula is C26H39N3O8. The Labute approximate surface area is 218 Å². The lowest BCUT2D eigenvalue weighted by Gasteiger charge is -2.32. The zero-order chi connectivity index (χ0) is 28.1. The second-order valence-electron chi connectivity index (χ2n) is 7.94. The Kier molecular flexibility index (Phi) is 17.8. The highest BCUT2D eigenvalue weighted by molar-refractivity contribution is 6.36. The van der Waals surface area contributed by atoms with Crippen LogP contribution in [0, 0.1) is 4.91 Å². The first-order valence-electron chi connectivity index (χ1n) is 12.1. The standard InChI is InChI=1S/C15H16N2O4.C8H17NO2.C3H6O2/c1-20-15(16-13(18)14(19)17(15)21-2)11-7-6-10-12-8-4-3-5-9-12;1-3-4-5-6-7-8(2)11-9-10;1-2-3(4)5/h3-5,7-10H,11H2,1-2H3,(H,16,18);8H,3-7H2,1-2H3;2H2,1H3,(H,4,5). The third-order valence-corrected chi connectivity index (χ3v) is 5.07. The van der Waals surface area contributed by atoms with Crippen LogP contribution in [0.1, 0.15) is 71.3 Å². The SMILES string of the molecule is CCC(=O)O.CCCCCCC(C)ON=O.CON1C(=O)C(=O)NC1(CC=C=Cc1ccccc1)OC. The topological polar surface area (TPSA) is 144 Å². The minimum atomic E-state index is -1.33. The van der Waals surface area contributed by atoms with Gasteiger partial charge in [0.25, 0.3) is 5.85 Å². The highest BCUT2D eigenvalue weighted by Crippen LogP contribution is 2.24. The summed E-state index contributed by atoms with van der Waals surface area (Å²) in [6.45, 7) is 5.64. The smallest absolute Gasteiger partial charge is 0.339 e. The Morgan fingerprint density at radius 1 is 1.19 bits per heavy atom. The van der Waals surface area contributed by atoms with Crippen molar-refractivity contribution in [3.63, 3.8) is 0 Å². The fourth-order valence-corrected chi connectivity index (χ4v) is 3.01. The molecule has 1 aromatic carbocycles. The van der Waals surface area contributed by atoms with Gasteiger partial charge in [-0.3, -0.25) is 19.2 Å². The number of aliphatic carboxylic acids is 1. The van der Waals surface area contributed by atoms with Gasteiger partial charge in [0.05, 0.1) is 7.11 Å². The zero-order valence-electron chi connectivity index (χ0n) is 22.3. The van der Waals surface area contributed by atoms with Crippen LogP contribution in [0.15, 0.2) is 47.5 Å². The van der Waals surface area contributed by atoms with E-state index in [0.717, 1.165) is 23.5 Å². The highest BCUT2D eigenvalue weighted by Gasteiger charge is 2.51. The number of nitrogens with one attached hydrogen (secondary N) is 1. The highest BCUT2D eigenvalue weighted by atomic mass is 16.7. The van der Waals surface area contributed by atoms with Gasteiger partial charge in [0, 0.05) is 20.0 Å². The minimum absolute atomic E-state index is 0.00986. The van der Waals surface area contributed by atoms with Crippen LogP contribution in [-0.4, -0.2) is 54.1 Å². The fourth-order valence-electron chi connectivity index (χ4n) is 3.01. The molecule has 11 heteroatoms. The number of carbonyl (C=O) groups is 3. The van der Waals surface area contributed by atoms with Crippen molar-refractivity contribution in [1.29, 1.82) is 0 Å². The van der Waals surface area contributed by atoms with E-state index >= 15 is 0 Å². The molecule has 0 aliphatic carbocycles. The average molecular weight is 522 g/mol. The second kappa shape index (κ2) is 19.6. The van der Waals surface area contributed by atoms with Crippen molar-refractivity contribution in [2.45, 2.75) is 77.7 Å². The number of rotatable bonds is 13. The summed E-state index contributed by atoms with van der Waals surface area (Å²) in [4.78, 5) is 51.5. The molecular weight excluding hydrogens is 482 g/mol. The van der Waals surface area contributed by atoms with E-state index in [2.05, 4.69) is 28.1 Å². The van der Waals surface area contributed by atoms with E-state index < -0.39 is 23.6 Å². The first-order chi connectivity index (χ1) is 17.7. The van der Waals surface area contributed by atoms with Gasteiger partial charge >= 0.3 is 17.8 Å². The van der Waals surface area contributed by atoms with E-state index in [-0.39, 0.29) is 18.9 Å². The summed E-state index contributed by atoms with van der Waals surface area (Å²) in [5, 5.41) is 13.5. The summed E-state index contributed by atoms with van der Waals surface area (Å²) in [7, 11) is 2.69. The number of amides is 2. The van der Waals surface area contributed by atoms with Gasteiger partial charge in [-0.2, -0.15) is 5.06 Å². The van der Waals surface area contributed by atoms with Crippen LogP contribution in [0.25, 0.3) is 6.08 Å². The molecule has 0 bridgehead atoms. The van der Waals surface area contributed by atoms with Crippen molar-refractivity contribution in [3.05, 3.63) is 52.6 Å². The van der Waals surface area contributed by atoms with Crippen molar-refractivity contribution >= 4 is 23.9 Å². The lowest BCUT2D eigenvalue weighted by Crippen LogP contribution is -2.53. The number of methoxy groups -OCH3 is 1. The molecule has 2 rings (SSSR count). The van der Waals surface area contributed by atoms with Gasteiger partial charge in [-0.1, -0.05) is 63.4 Å². The molecule has 2 amide bonds. The molecule has 0 radical (unpaired) electrons. The maximum absolute atomic E-state index is 11.6. The summed E-state index contributed by atoms with van der Waals surface area (Å²) in [5.74, 6) is -3.63. The number of hydrogen-bond donors (Lipinski definition) is 2. The quantitative estimate of drug-likeness (QED) is 0.126. The Hall–Kier alpha value is -3.53. The van der Waals surface area contributed by atoms with Crippen molar-refractivity contribution in [2.75, 3.05) is 14.2 Å². The predicted octanol–water partition coefficient (Wildman–Crippen LogP) is 4.59. The molecule has 11 nitrogen and oxygen atoms in total. The Morgan fingerprint density at radius 3 is 2.35 bits per heavy atom. The number of hydroxylamine groups is 2. The summed E-state index contributed by atoms with van der Waals surface area (Å²) >= 11 is 0. The fraction of sp³-hybridized carbons (Fsp3) is 0.538. The van der Waals surface area contributed by atoms with E-state index in [4.69, 9.17) is 14.7 Å². The molecule has 1 aromatic rings. The number of unbranched alkanes of at least 4 members (excludes halogenated alkanes) is 3. The molecule has 0 spiro atoms. The van der Waals surface area contributed by atoms with Gasteiger partial charge in [-0.25, -0.2) is 0 Å². The largest absolute Gasteiger partial charge is 0.481 e. The molecule has 206 valence electrons. The predicted molar refractivity (Wildman–Crippen MR) is 138 cm³/mol. The number of carbonyl (C=O) groups excluding carboxylic acids is 2. The van der Waals surface area contributed by atoms with Crippen molar-refractivity contribution < 1.29 is 33.9 Å².